The van der Waals surface area contributed by atoms with Gasteiger partial charge in [0.05, 0.1) is 18.7 Å². The van der Waals surface area contributed by atoms with E-state index in [1.54, 1.807) is 19.3 Å². The van der Waals surface area contributed by atoms with Crippen molar-refractivity contribution in [2.45, 2.75) is 114 Å². The van der Waals surface area contributed by atoms with Crippen molar-refractivity contribution in [3.8, 4) is 17.4 Å². The van der Waals surface area contributed by atoms with Gasteiger partial charge in [0.2, 0.25) is 5.78 Å². The summed E-state index contributed by atoms with van der Waals surface area (Å²) in [6.45, 7) is 20.8. The molecule has 12 heteroatoms. The van der Waals surface area contributed by atoms with Gasteiger partial charge in [0.25, 0.3) is 5.88 Å². The number of rotatable bonds is 16. The predicted molar refractivity (Wildman–Crippen MR) is 252 cm³/mol. The van der Waals surface area contributed by atoms with Gasteiger partial charge in [-0.1, -0.05) is 93.6 Å². The number of allylic oxidation sites excluding steroid dienone is 1. The van der Waals surface area contributed by atoms with Crippen LogP contribution in [-0.4, -0.2) is 78.3 Å². The van der Waals surface area contributed by atoms with Crippen LogP contribution in [0.25, 0.3) is 0 Å². The molecule has 342 valence electrons. The van der Waals surface area contributed by atoms with E-state index in [2.05, 4.69) is 62.0 Å². The average Bonchev–Trinajstić information content (AvgIpc) is 3.86. The van der Waals surface area contributed by atoms with Crippen LogP contribution in [0.4, 0.5) is 0 Å². The van der Waals surface area contributed by atoms with Crippen molar-refractivity contribution >= 4 is 19.9 Å². The van der Waals surface area contributed by atoms with E-state index in [1.165, 1.54) is 12.8 Å². The summed E-state index contributed by atoms with van der Waals surface area (Å²) in [5.41, 5.74) is 2.26. The first-order valence-corrected chi connectivity index (χ1v) is 26.2. The average molecular weight is 898 g/mol. The van der Waals surface area contributed by atoms with Crippen LogP contribution in [0, 0.1) is 11.8 Å². The van der Waals surface area contributed by atoms with Gasteiger partial charge in [-0.25, -0.2) is 0 Å². The molecule has 2 heterocycles. The molecular weight excluding hydrogens is 835 g/mol. The van der Waals surface area contributed by atoms with Gasteiger partial charge in [-0.2, -0.15) is 0 Å². The van der Waals surface area contributed by atoms with E-state index in [-0.39, 0.29) is 47.8 Å². The number of hydrogen-bond acceptors (Lipinski definition) is 11. The summed E-state index contributed by atoms with van der Waals surface area (Å²) in [4.78, 5) is 36.5. The highest BCUT2D eigenvalue weighted by molar-refractivity contribution is 6.74. The Labute approximate surface area is 384 Å². The number of Topliss-reactive ketones (excluding diaryl/α,β-unsaturated/α-hetero) is 2. The molecule has 4 aliphatic carbocycles. The minimum atomic E-state index is -2.97. The van der Waals surface area contributed by atoms with Crippen LogP contribution in [-0.2, 0) is 24.1 Å². The van der Waals surface area contributed by atoms with Gasteiger partial charge >= 0.3 is 0 Å². The van der Waals surface area contributed by atoms with Gasteiger partial charge in [-0.05, 0) is 91.5 Å². The second-order valence-electron chi connectivity index (χ2n) is 20.0. The molecule has 5 atom stereocenters. The Morgan fingerprint density at radius 2 is 1.60 bits per heavy atom. The summed E-state index contributed by atoms with van der Waals surface area (Å²) in [5.74, 6) is -1.03. The van der Waals surface area contributed by atoms with Gasteiger partial charge in [0.15, 0.2) is 25.5 Å². The highest BCUT2D eigenvalue weighted by Crippen LogP contribution is 2.61. The lowest BCUT2D eigenvalue weighted by Gasteiger charge is -2.55. The zero-order valence-corrected chi connectivity index (χ0v) is 39.7. The fraction of sp³-hybridized carbons (Fsp3) is 0.453. The van der Waals surface area contributed by atoms with Crippen molar-refractivity contribution in [2.75, 3.05) is 26.7 Å². The summed E-state index contributed by atoms with van der Waals surface area (Å²) < 4.78 is 33.2. The second-order valence-corrected chi connectivity index (χ2v) is 24.7. The molecule has 1 unspecified atom stereocenters. The van der Waals surface area contributed by atoms with Gasteiger partial charge < -0.3 is 28.3 Å². The van der Waals surface area contributed by atoms with Crippen molar-refractivity contribution in [1.29, 1.82) is 0 Å². The molecule has 0 radical (unpaired) electrons. The van der Waals surface area contributed by atoms with E-state index >= 15 is 9.59 Å². The number of aliphatic hydroxyl groups excluding tert-OH is 1. The summed E-state index contributed by atoms with van der Waals surface area (Å²) >= 11 is 0. The maximum atomic E-state index is 16.0. The number of benzene rings is 3. The molecule has 9 rings (SSSR count). The first-order valence-electron chi connectivity index (χ1n) is 23.3. The third kappa shape index (κ3) is 7.79. The van der Waals surface area contributed by atoms with Crippen LogP contribution < -0.4 is 14.2 Å². The summed E-state index contributed by atoms with van der Waals surface area (Å²) in [6.07, 6.45) is 8.71. The SMILES string of the molecule is C=CCN(CC=C)[C@@H]1c2onc(OCc3ccccc3)c2C(=O)C2(O[Si](C)(C)C(C)(C)C)C(O)=C3C(=O)c4c(OCc5ccccc5)cc([C@@H]5CCCN5C5CC5)c(OC)c4C[C@H]3C[C@@H]12. The third-order valence-electron chi connectivity index (χ3n) is 14.9. The zero-order chi connectivity index (χ0) is 45.8. The Morgan fingerprint density at radius 1 is 0.954 bits per heavy atom. The van der Waals surface area contributed by atoms with Crippen LogP contribution in [0.15, 0.2) is 108 Å². The summed E-state index contributed by atoms with van der Waals surface area (Å²) in [7, 11) is -1.28. The van der Waals surface area contributed by atoms with Crippen LogP contribution in [0.1, 0.15) is 114 Å². The number of nitrogens with zero attached hydrogens (tertiary/aromatic N) is 3. The molecule has 65 heavy (non-hydrogen) atoms. The Bertz CT molecular complexity index is 2500. The molecule has 11 nitrogen and oxygen atoms in total. The number of ether oxygens (including phenoxy) is 3. The van der Waals surface area contributed by atoms with Gasteiger partial charge in [0.1, 0.15) is 36.0 Å². The maximum absolute atomic E-state index is 16.0. The first-order chi connectivity index (χ1) is 31.2. The van der Waals surface area contributed by atoms with E-state index in [0.717, 1.165) is 41.6 Å². The lowest BCUT2D eigenvalue weighted by molar-refractivity contribution is -0.0525. The van der Waals surface area contributed by atoms with Crippen LogP contribution in [0.2, 0.25) is 18.1 Å². The smallest absolute Gasteiger partial charge is 0.265 e. The van der Waals surface area contributed by atoms with E-state index < -0.39 is 42.6 Å². The lowest BCUT2D eigenvalue weighted by Crippen LogP contribution is -2.65. The van der Waals surface area contributed by atoms with E-state index in [9.17, 15) is 5.11 Å². The van der Waals surface area contributed by atoms with Crippen molar-refractivity contribution in [1.82, 2.24) is 15.0 Å². The predicted octanol–water partition coefficient (Wildman–Crippen LogP) is 10.7. The highest BCUT2D eigenvalue weighted by Gasteiger charge is 2.67. The first kappa shape index (κ1) is 44.9. The Balaban J connectivity index is 1.25. The number of methoxy groups -OCH3 is 1. The molecule has 0 bridgehead atoms. The van der Waals surface area contributed by atoms with Crippen molar-refractivity contribution in [3.05, 3.63) is 143 Å². The molecule has 1 aliphatic heterocycles. The Morgan fingerprint density at radius 3 is 2.20 bits per heavy atom. The van der Waals surface area contributed by atoms with Gasteiger partial charge in [0, 0.05) is 47.8 Å². The van der Waals surface area contributed by atoms with Crippen molar-refractivity contribution < 1.29 is 37.9 Å². The number of likely N-dealkylation sites (tertiary alicyclic amines) is 1. The molecular formula is C53H63N3O8Si. The van der Waals surface area contributed by atoms with Gasteiger partial charge in [-0.15, -0.1) is 13.2 Å². The molecule has 1 saturated carbocycles. The monoisotopic (exact) mass is 897 g/mol. The zero-order valence-electron chi connectivity index (χ0n) is 38.7. The number of ketones is 2. The van der Waals surface area contributed by atoms with Crippen molar-refractivity contribution in [3.63, 3.8) is 0 Å². The minimum Gasteiger partial charge on any atom is -0.508 e. The molecule has 1 saturated heterocycles. The molecule has 1 N–H and O–H groups in total. The van der Waals surface area contributed by atoms with Gasteiger partial charge in [-0.3, -0.25) is 19.4 Å². The summed E-state index contributed by atoms with van der Waals surface area (Å²) in [6, 6.07) is 21.5. The minimum absolute atomic E-state index is 0.00826. The fourth-order valence-corrected chi connectivity index (χ4v) is 12.2. The standard InChI is InChI=1S/C53H63N3O8Si/c1-9-25-55(26-10-2)45-39-29-35-28-38-43(41(61-31-33-18-13-11-14-19-33)30-37(47(38)60-6)40-22-17-27-56(40)36-23-24-36)46(57)42(35)49(58)53(39,64-65(7,8)52(3,4)5)50(59)44-48(45)63-54-51(44)62-32-34-20-15-12-16-21-34/h9-16,18-21,30,35-36,39-40,45,58H,1-2,17,22-29,31-32H2,3-8H3/t35-,39-,40-,45-,53?/m0/s1. The number of fused-ring (bicyclic) bond motifs is 4. The molecule has 5 aliphatic rings. The molecule has 3 aromatic carbocycles. The molecule has 4 aromatic rings. The second kappa shape index (κ2) is 17.5. The molecule has 1 aromatic heterocycles. The Hall–Kier alpha value is -5.27. The van der Waals surface area contributed by atoms with Crippen LogP contribution in [0.3, 0.4) is 0 Å². The van der Waals surface area contributed by atoms with Crippen LogP contribution in [0.5, 0.6) is 17.4 Å². The van der Waals surface area contributed by atoms with E-state index in [4.69, 9.17) is 23.2 Å². The largest absolute Gasteiger partial charge is 0.508 e. The third-order valence-corrected chi connectivity index (χ3v) is 19.4. The normalized spacial score (nSPS) is 24.3. The molecule has 2 fully saturated rings. The number of hydrogen-bond donors (Lipinski definition) is 1. The van der Waals surface area contributed by atoms with E-state index in [0.29, 0.717) is 54.8 Å². The van der Waals surface area contributed by atoms with Crippen LogP contribution >= 0.6 is 0 Å². The Kier molecular flexibility index (Phi) is 12.1. The number of aromatic nitrogens is 1. The topological polar surface area (TPSA) is 124 Å². The highest BCUT2D eigenvalue weighted by atomic mass is 28.4. The lowest BCUT2D eigenvalue weighted by atomic mass is 9.58. The molecule has 0 amide bonds. The maximum Gasteiger partial charge on any atom is 0.265 e. The number of carbonyl (C=O) groups excluding carboxylic acids is 2. The quantitative estimate of drug-likeness (QED) is 0.0854. The fourth-order valence-electron chi connectivity index (χ4n) is 10.8. The van der Waals surface area contributed by atoms with E-state index in [1.807, 2.05) is 66.7 Å². The van der Waals surface area contributed by atoms with Crippen molar-refractivity contribution in [2.24, 2.45) is 11.8 Å². The summed E-state index contributed by atoms with van der Waals surface area (Å²) in [5, 5.41) is 17.5. The number of carbonyl (C=O) groups is 2. The molecule has 0 spiro atoms. The number of aliphatic hydroxyl groups is 1.